The van der Waals surface area contributed by atoms with Crippen molar-refractivity contribution < 1.29 is 23.7 Å². The molecule has 0 aliphatic carbocycles. The summed E-state index contributed by atoms with van der Waals surface area (Å²) in [5.74, 6) is 3.07. The van der Waals surface area contributed by atoms with Gasteiger partial charge in [0.2, 0.25) is 0 Å². The van der Waals surface area contributed by atoms with E-state index in [1.54, 1.807) is 0 Å². The van der Waals surface area contributed by atoms with E-state index in [1.165, 1.54) is 0 Å². The minimum absolute atomic E-state index is 0.0450. The van der Waals surface area contributed by atoms with E-state index in [2.05, 4.69) is 32.6 Å². The van der Waals surface area contributed by atoms with Crippen LogP contribution in [0.1, 0.15) is 64.5 Å². The second kappa shape index (κ2) is 15.2. The summed E-state index contributed by atoms with van der Waals surface area (Å²) >= 11 is 0. The fourth-order valence-corrected chi connectivity index (χ4v) is 4.15. The Bertz CT molecular complexity index is 1040. The predicted molar refractivity (Wildman–Crippen MR) is 154 cm³/mol. The molecule has 2 aromatic rings. The Balaban J connectivity index is 1.93. The van der Waals surface area contributed by atoms with Gasteiger partial charge in [-0.15, -0.1) is 0 Å². The maximum Gasteiger partial charge on any atom is 0.187 e. The summed E-state index contributed by atoms with van der Waals surface area (Å²) in [6, 6.07) is 11.7. The second-order valence-corrected chi connectivity index (χ2v) is 9.63. The molecule has 1 aliphatic rings. The number of ether oxygens (including phenoxy) is 4. The lowest BCUT2D eigenvalue weighted by Gasteiger charge is -2.26. The van der Waals surface area contributed by atoms with Crippen LogP contribution >= 0.6 is 0 Å². The molecule has 1 fully saturated rings. The summed E-state index contributed by atoms with van der Waals surface area (Å²) in [6.07, 6.45) is 7.58. The quantitative estimate of drug-likeness (QED) is 0.254. The zero-order valence-electron chi connectivity index (χ0n) is 23.7. The molecule has 3 rings (SSSR count). The molecule has 1 saturated heterocycles. The Kier molecular flexibility index (Phi) is 11.7. The fourth-order valence-electron chi connectivity index (χ4n) is 4.15. The van der Waals surface area contributed by atoms with Crippen LogP contribution in [0.2, 0.25) is 0 Å². The lowest BCUT2D eigenvalue weighted by atomic mass is 9.94. The number of carbonyl (C=O) groups is 1. The highest BCUT2D eigenvalue weighted by Gasteiger charge is 2.25. The third kappa shape index (κ3) is 8.38. The summed E-state index contributed by atoms with van der Waals surface area (Å²) in [4.78, 5) is 15.8. The van der Waals surface area contributed by atoms with Crippen LogP contribution in [0, 0.1) is 0 Å². The number of ketones is 1. The van der Waals surface area contributed by atoms with Crippen LogP contribution in [0.3, 0.4) is 0 Å². The SMILES string of the molecule is CCCOc1ccc(/C=C2\CN(C)C/C(=C\c3ccc(OCCC)cc3OCCC)C2=O)c(OCCC)c1. The van der Waals surface area contributed by atoms with Crippen molar-refractivity contribution in [3.05, 3.63) is 58.7 Å². The standard InChI is InChI=1S/C32H43NO5/c1-6-14-35-28-12-10-24(30(20-28)37-16-8-3)18-26-22-33(5)23-27(32(26)34)19-25-11-13-29(36-15-7-2)21-31(25)38-17-9-4/h10-13,18-21H,6-9,14-17,22-23H2,1-5H3/b26-18+,27-19+. The molecule has 0 unspecified atom stereocenters. The molecule has 0 atom stereocenters. The number of hydrogen-bond donors (Lipinski definition) is 0. The van der Waals surface area contributed by atoms with Crippen molar-refractivity contribution in [2.24, 2.45) is 0 Å². The van der Waals surface area contributed by atoms with Crippen molar-refractivity contribution in [2.45, 2.75) is 53.4 Å². The van der Waals surface area contributed by atoms with E-state index in [4.69, 9.17) is 18.9 Å². The lowest BCUT2D eigenvalue weighted by Crippen LogP contribution is -2.34. The summed E-state index contributed by atoms with van der Waals surface area (Å²) in [6.45, 7) is 12.0. The van der Waals surface area contributed by atoms with E-state index < -0.39 is 0 Å². The van der Waals surface area contributed by atoms with Crippen molar-refractivity contribution in [3.63, 3.8) is 0 Å². The first-order valence-corrected chi connectivity index (χ1v) is 13.9. The highest BCUT2D eigenvalue weighted by Crippen LogP contribution is 2.31. The van der Waals surface area contributed by atoms with Gasteiger partial charge in [-0.3, -0.25) is 9.69 Å². The van der Waals surface area contributed by atoms with Gasteiger partial charge in [-0.2, -0.15) is 0 Å². The third-order valence-electron chi connectivity index (χ3n) is 5.96. The van der Waals surface area contributed by atoms with Gasteiger partial charge in [0, 0.05) is 47.5 Å². The molecular weight excluding hydrogens is 478 g/mol. The van der Waals surface area contributed by atoms with Gasteiger partial charge in [0.25, 0.3) is 0 Å². The van der Waals surface area contributed by atoms with Gasteiger partial charge in [-0.05, 0) is 69.1 Å². The highest BCUT2D eigenvalue weighted by atomic mass is 16.5. The zero-order valence-corrected chi connectivity index (χ0v) is 23.7. The topological polar surface area (TPSA) is 57.2 Å². The van der Waals surface area contributed by atoms with Crippen molar-refractivity contribution in [1.29, 1.82) is 0 Å². The van der Waals surface area contributed by atoms with E-state index in [0.717, 1.165) is 71.0 Å². The molecule has 1 heterocycles. The molecule has 0 radical (unpaired) electrons. The van der Waals surface area contributed by atoms with E-state index in [0.29, 0.717) is 39.5 Å². The Morgan fingerprint density at radius 1 is 0.658 bits per heavy atom. The molecular formula is C32H43NO5. The number of benzene rings is 2. The molecule has 2 aromatic carbocycles. The molecule has 0 N–H and O–H groups in total. The molecule has 6 heteroatoms. The van der Waals surface area contributed by atoms with Crippen LogP contribution in [0.15, 0.2) is 47.5 Å². The van der Waals surface area contributed by atoms with Crippen LogP contribution < -0.4 is 18.9 Å². The molecule has 6 nitrogen and oxygen atoms in total. The van der Waals surface area contributed by atoms with Gasteiger partial charge in [-0.1, -0.05) is 27.7 Å². The molecule has 0 bridgehead atoms. The maximum atomic E-state index is 13.7. The lowest BCUT2D eigenvalue weighted by molar-refractivity contribution is -0.113. The monoisotopic (exact) mass is 521 g/mol. The molecule has 0 spiro atoms. The highest BCUT2D eigenvalue weighted by molar-refractivity contribution is 6.14. The normalized spacial score (nSPS) is 16.2. The van der Waals surface area contributed by atoms with Crippen LogP contribution in [0.4, 0.5) is 0 Å². The first-order chi connectivity index (χ1) is 18.5. The summed E-state index contributed by atoms with van der Waals surface area (Å²) in [7, 11) is 2.03. The molecule has 206 valence electrons. The van der Waals surface area contributed by atoms with Crippen molar-refractivity contribution >= 4 is 17.9 Å². The van der Waals surface area contributed by atoms with Gasteiger partial charge >= 0.3 is 0 Å². The van der Waals surface area contributed by atoms with Crippen molar-refractivity contribution in [2.75, 3.05) is 46.6 Å². The minimum atomic E-state index is 0.0450. The average Bonchev–Trinajstić information content (AvgIpc) is 2.92. The number of nitrogens with zero attached hydrogens (tertiary/aromatic N) is 1. The Morgan fingerprint density at radius 3 is 1.45 bits per heavy atom. The van der Waals surface area contributed by atoms with Crippen LogP contribution in [-0.2, 0) is 4.79 Å². The number of piperidine rings is 1. The second-order valence-electron chi connectivity index (χ2n) is 9.63. The maximum absolute atomic E-state index is 13.7. The largest absolute Gasteiger partial charge is 0.493 e. The smallest absolute Gasteiger partial charge is 0.187 e. The predicted octanol–water partition coefficient (Wildman–Crippen LogP) is 6.82. The van der Waals surface area contributed by atoms with Crippen LogP contribution in [0.25, 0.3) is 12.2 Å². The molecule has 0 saturated carbocycles. The zero-order chi connectivity index (χ0) is 27.3. The first kappa shape index (κ1) is 29.3. The third-order valence-corrected chi connectivity index (χ3v) is 5.96. The Hall–Kier alpha value is -3.25. The minimum Gasteiger partial charge on any atom is -0.493 e. The Labute approximate surface area is 228 Å². The number of rotatable bonds is 14. The van der Waals surface area contributed by atoms with E-state index in [9.17, 15) is 4.79 Å². The number of carbonyl (C=O) groups excluding carboxylic acids is 1. The van der Waals surface area contributed by atoms with Crippen LogP contribution in [-0.4, -0.2) is 57.2 Å². The van der Waals surface area contributed by atoms with Gasteiger partial charge in [-0.25, -0.2) is 0 Å². The van der Waals surface area contributed by atoms with E-state index in [-0.39, 0.29) is 5.78 Å². The fraction of sp³-hybridized carbons (Fsp3) is 0.469. The van der Waals surface area contributed by atoms with Crippen LogP contribution in [0.5, 0.6) is 23.0 Å². The summed E-state index contributed by atoms with van der Waals surface area (Å²) in [5, 5.41) is 0. The average molecular weight is 522 g/mol. The van der Waals surface area contributed by atoms with E-state index in [1.807, 2.05) is 55.6 Å². The first-order valence-electron chi connectivity index (χ1n) is 13.9. The van der Waals surface area contributed by atoms with Gasteiger partial charge in [0.15, 0.2) is 5.78 Å². The van der Waals surface area contributed by atoms with Crippen molar-refractivity contribution in [1.82, 2.24) is 4.90 Å². The summed E-state index contributed by atoms with van der Waals surface area (Å²) < 4.78 is 23.7. The van der Waals surface area contributed by atoms with Gasteiger partial charge in [0.05, 0.1) is 26.4 Å². The molecule has 0 aromatic heterocycles. The van der Waals surface area contributed by atoms with E-state index >= 15 is 0 Å². The summed E-state index contributed by atoms with van der Waals surface area (Å²) in [5.41, 5.74) is 3.22. The molecule has 38 heavy (non-hydrogen) atoms. The number of hydrogen-bond acceptors (Lipinski definition) is 6. The molecule has 1 aliphatic heterocycles. The van der Waals surface area contributed by atoms with Gasteiger partial charge in [0.1, 0.15) is 23.0 Å². The number of likely N-dealkylation sites (tertiary alicyclic amines) is 1. The van der Waals surface area contributed by atoms with Crippen molar-refractivity contribution in [3.8, 4) is 23.0 Å². The number of Topliss-reactive ketones (excluding diaryl/α,β-unsaturated/α-hetero) is 1. The van der Waals surface area contributed by atoms with Gasteiger partial charge < -0.3 is 18.9 Å². The Morgan fingerprint density at radius 2 is 1.05 bits per heavy atom. The molecule has 0 amide bonds. The number of likely N-dealkylation sites (N-methyl/N-ethyl adjacent to an activating group) is 1.